The van der Waals surface area contributed by atoms with Gasteiger partial charge in [-0.3, -0.25) is 4.79 Å². The van der Waals surface area contributed by atoms with E-state index in [2.05, 4.69) is 5.32 Å². The van der Waals surface area contributed by atoms with Crippen LogP contribution in [-0.4, -0.2) is 11.0 Å². The molecule has 0 aromatic heterocycles. The Morgan fingerprint density at radius 3 is 2.58 bits per heavy atom. The van der Waals surface area contributed by atoms with Gasteiger partial charge in [0, 0.05) is 16.3 Å². The maximum absolute atomic E-state index is 11.9. The van der Waals surface area contributed by atoms with Gasteiger partial charge < -0.3 is 10.4 Å². The Labute approximate surface area is 116 Å². The largest absolute Gasteiger partial charge is 0.508 e. The fourth-order valence-electron chi connectivity index (χ4n) is 1.74. The highest BCUT2D eigenvalue weighted by Gasteiger charge is 2.07. The SMILES string of the molecule is Cc1c(O)cccc1NC(=O)Cc1ccc(Cl)cc1. The quantitative estimate of drug-likeness (QED) is 0.900. The molecule has 0 unspecified atom stereocenters. The van der Waals surface area contributed by atoms with E-state index in [9.17, 15) is 9.90 Å². The van der Waals surface area contributed by atoms with Crippen LogP contribution >= 0.6 is 11.6 Å². The Bertz CT molecular complexity index is 594. The summed E-state index contributed by atoms with van der Waals surface area (Å²) in [6, 6.07) is 12.2. The zero-order chi connectivity index (χ0) is 13.8. The van der Waals surface area contributed by atoms with Crippen molar-refractivity contribution in [2.24, 2.45) is 0 Å². The molecule has 0 aliphatic carbocycles. The molecule has 0 bridgehead atoms. The molecule has 19 heavy (non-hydrogen) atoms. The number of aromatic hydroxyl groups is 1. The number of amides is 1. The first-order valence-electron chi connectivity index (χ1n) is 5.89. The second-order valence-electron chi connectivity index (χ2n) is 4.30. The number of anilines is 1. The normalized spacial score (nSPS) is 10.2. The van der Waals surface area contributed by atoms with E-state index < -0.39 is 0 Å². The average Bonchev–Trinajstić information content (AvgIpc) is 2.38. The topological polar surface area (TPSA) is 49.3 Å². The summed E-state index contributed by atoms with van der Waals surface area (Å²) < 4.78 is 0. The summed E-state index contributed by atoms with van der Waals surface area (Å²) in [5.41, 5.74) is 2.17. The zero-order valence-corrected chi connectivity index (χ0v) is 11.2. The lowest BCUT2D eigenvalue weighted by atomic mass is 10.1. The van der Waals surface area contributed by atoms with E-state index in [1.807, 2.05) is 12.1 Å². The van der Waals surface area contributed by atoms with Crippen LogP contribution in [0.1, 0.15) is 11.1 Å². The van der Waals surface area contributed by atoms with Crippen LogP contribution in [0.15, 0.2) is 42.5 Å². The summed E-state index contributed by atoms with van der Waals surface area (Å²) in [5.74, 6) is 0.0420. The van der Waals surface area contributed by atoms with Crippen LogP contribution in [0.3, 0.4) is 0 Å². The molecule has 0 aliphatic rings. The highest BCUT2D eigenvalue weighted by molar-refractivity contribution is 6.30. The van der Waals surface area contributed by atoms with E-state index >= 15 is 0 Å². The predicted octanol–water partition coefficient (Wildman–Crippen LogP) is 3.54. The fraction of sp³-hybridized carbons (Fsp3) is 0.133. The van der Waals surface area contributed by atoms with Crippen molar-refractivity contribution in [3.63, 3.8) is 0 Å². The van der Waals surface area contributed by atoms with E-state index in [1.54, 1.807) is 37.3 Å². The second-order valence-corrected chi connectivity index (χ2v) is 4.74. The third-order valence-corrected chi connectivity index (χ3v) is 3.11. The number of carbonyl (C=O) groups is 1. The maximum atomic E-state index is 11.9. The first kappa shape index (κ1) is 13.4. The van der Waals surface area contributed by atoms with E-state index in [4.69, 9.17) is 11.6 Å². The molecule has 4 heteroatoms. The minimum absolute atomic E-state index is 0.129. The number of rotatable bonds is 3. The molecule has 98 valence electrons. The Kier molecular flexibility index (Phi) is 4.07. The number of phenols is 1. The van der Waals surface area contributed by atoms with Crippen LogP contribution in [0.2, 0.25) is 5.02 Å². The van der Waals surface area contributed by atoms with Crippen LogP contribution in [0, 0.1) is 6.92 Å². The van der Waals surface area contributed by atoms with Crippen LogP contribution in [0.4, 0.5) is 5.69 Å². The molecule has 1 amide bonds. The molecule has 0 heterocycles. The fourth-order valence-corrected chi connectivity index (χ4v) is 1.87. The second kappa shape index (κ2) is 5.76. The number of halogens is 1. The average molecular weight is 276 g/mol. The molecule has 3 nitrogen and oxygen atoms in total. The van der Waals surface area contributed by atoms with Crippen LogP contribution in [0.25, 0.3) is 0 Å². The van der Waals surface area contributed by atoms with Gasteiger partial charge in [0.15, 0.2) is 0 Å². The Balaban J connectivity index is 2.05. The maximum Gasteiger partial charge on any atom is 0.228 e. The molecule has 0 saturated carbocycles. The lowest BCUT2D eigenvalue weighted by Crippen LogP contribution is -2.15. The van der Waals surface area contributed by atoms with Gasteiger partial charge in [0.1, 0.15) is 5.75 Å². The monoisotopic (exact) mass is 275 g/mol. The molecule has 2 rings (SSSR count). The number of hydrogen-bond donors (Lipinski definition) is 2. The molecular weight excluding hydrogens is 262 g/mol. The summed E-state index contributed by atoms with van der Waals surface area (Å²) in [4.78, 5) is 11.9. The molecular formula is C15H14ClNO2. The smallest absolute Gasteiger partial charge is 0.228 e. The molecule has 2 aromatic carbocycles. The van der Waals surface area contributed by atoms with Crippen molar-refractivity contribution in [3.05, 3.63) is 58.6 Å². The van der Waals surface area contributed by atoms with Crippen molar-refractivity contribution in [3.8, 4) is 5.75 Å². The van der Waals surface area contributed by atoms with Gasteiger partial charge in [0.25, 0.3) is 0 Å². The number of phenolic OH excluding ortho intramolecular Hbond substituents is 1. The summed E-state index contributed by atoms with van der Waals surface area (Å²) in [5, 5.41) is 13.0. The first-order chi connectivity index (χ1) is 9.06. The van der Waals surface area contributed by atoms with Gasteiger partial charge in [0.05, 0.1) is 6.42 Å². The third kappa shape index (κ3) is 3.48. The van der Waals surface area contributed by atoms with Gasteiger partial charge in [-0.05, 0) is 36.8 Å². The van der Waals surface area contributed by atoms with Crippen molar-refractivity contribution in [1.29, 1.82) is 0 Å². The standard InChI is InChI=1S/C15H14ClNO2/c1-10-13(3-2-4-14(10)18)17-15(19)9-11-5-7-12(16)8-6-11/h2-8,18H,9H2,1H3,(H,17,19). The Hall–Kier alpha value is -2.00. The highest BCUT2D eigenvalue weighted by Crippen LogP contribution is 2.24. The summed E-state index contributed by atoms with van der Waals surface area (Å²) >= 11 is 5.79. The molecule has 0 fully saturated rings. The van der Waals surface area contributed by atoms with Crippen molar-refractivity contribution >= 4 is 23.2 Å². The molecule has 0 saturated heterocycles. The Morgan fingerprint density at radius 1 is 1.21 bits per heavy atom. The van der Waals surface area contributed by atoms with E-state index in [-0.39, 0.29) is 18.1 Å². The molecule has 2 N–H and O–H groups in total. The molecule has 0 radical (unpaired) electrons. The molecule has 0 atom stereocenters. The van der Waals surface area contributed by atoms with Gasteiger partial charge in [-0.1, -0.05) is 29.8 Å². The molecule has 2 aromatic rings. The van der Waals surface area contributed by atoms with Gasteiger partial charge >= 0.3 is 0 Å². The van der Waals surface area contributed by atoms with Crippen LogP contribution < -0.4 is 5.32 Å². The lowest BCUT2D eigenvalue weighted by Gasteiger charge is -2.09. The van der Waals surface area contributed by atoms with Gasteiger partial charge in [-0.25, -0.2) is 0 Å². The minimum Gasteiger partial charge on any atom is -0.508 e. The number of nitrogens with one attached hydrogen (secondary N) is 1. The third-order valence-electron chi connectivity index (χ3n) is 2.86. The molecule has 0 aliphatic heterocycles. The zero-order valence-electron chi connectivity index (χ0n) is 10.5. The number of benzene rings is 2. The summed E-state index contributed by atoms with van der Waals surface area (Å²) in [6.07, 6.45) is 0.270. The number of hydrogen-bond acceptors (Lipinski definition) is 2. The lowest BCUT2D eigenvalue weighted by molar-refractivity contribution is -0.115. The van der Waals surface area contributed by atoms with E-state index in [1.165, 1.54) is 0 Å². The summed E-state index contributed by atoms with van der Waals surface area (Å²) in [6.45, 7) is 1.76. The molecule has 0 spiro atoms. The van der Waals surface area contributed by atoms with Gasteiger partial charge in [0.2, 0.25) is 5.91 Å². The van der Waals surface area contributed by atoms with E-state index in [0.29, 0.717) is 16.3 Å². The summed E-state index contributed by atoms with van der Waals surface area (Å²) in [7, 11) is 0. The van der Waals surface area contributed by atoms with Gasteiger partial charge in [-0.2, -0.15) is 0 Å². The highest BCUT2D eigenvalue weighted by atomic mass is 35.5. The van der Waals surface area contributed by atoms with Crippen LogP contribution in [0.5, 0.6) is 5.75 Å². The van der Waals surface area contributed by atoms with Crippen molar-refractivity contribution in [2.75, 3.05) is 5.32 Å². The van der Waals surface area contributed by atoms with Gasteiger partial charge in [-0.15, -0.1) is 0 Å². The van der Waals surface area contributed by atoms with Crippen molar-refractivity contribution < 1.29 is 9.90 Å². The Morgan fingerprint density at radius 2 is 1.89 bits per heavy atom. The minimum atomic E-state index is -0.129. The van der Waals surface area contributed by atoms with E-state index in [0.717, 1.165) is 5.56 Å². The van der Waals surface area contributed by atoms with Crippen molar-refractivity contribution in [2.45, 2.75) is 13.3 Å². The number of carbonyl (C=O) groups excluding carboxylic acids is 1. The van der Waals surface area contributed by atoms with Crippen LogP contribution in [-0.2, 0) is 11.2 Å². The first-order valence-corrected chi connectivity index (χ1v) is 6.27. The van der Waals surface area contributed by atoms with Crippen molar-refractivity contribution in [1.82, 2.24) is 0 Å². The predicted molar refractivity (Wildman–Crippen MR) is 76.6 cm³/mol.